The maximum absolute atomic E-state index is 3.60. The summed E-state index contributed by atoms with van der Waals surface area (Å²) < 4.78 is 1.14. The Hall–Kier alpha value is -1.16. The Morgan fingerprint density at radius 3 is 2.30 bits per heavy atom. The van der Waals surface area contributed by atoms with E-state index < -0.39 is 0 Å². The molecule has 1 aliphatic heterocycles. The van der Waals surface area contributed by atoms with Gasteiger partial charge < -0.3 is 5.32 Å². The molecule has 1 fully saturated rings. The van der Waals surface area contributed by atoms with E-state index in [1.807, 2.05) is 0 Å². The lowest BCUT2D eigenvalue weighted by Gasteiger charge is -2.35. The molecule has 0 saturated carbocycles. The quantitative estimate of drug-likeness (QED) is 0.927. The molecule has 3 heteroatoms. The number of nitrogens with zero attached hydrogens (tertiary/aromatic N) is 1. The predicted octanol–water partition coefficient (Wildman–Crippen LogP) is 3.44. The standard InChI is InChI=1S/C17H19BrN2/c18-16-8-4-7-15(13-16)17(14-5-2-1-3-6-14)20-11-9-19-10-12-20/h1-8,13,17,19H,9-12H2/t17-/m1/s1. The molecule has 2 nitrogen and oxygen atoms in total. The van der Waals surface area contributed by atoms with Gasteiger partial charge >= 0.3 is 0 Å². The average molecular weight is 331 g/mol. The van der Waals surface area contributed by atoms with Crippen molar-refractivity contribution >= 4 is 15.9 Å². The second-order valence-corrected chi connectivity index (χ2v) is 6.07. The number of rotatable bonds is 3. The first kappa shape index (κ1) is 13.8. The van der Waals surface area contributed by atoms with Crippen molar-refractivity contribution in [3.8, 4) is 0 Å². The number of nitrogens with one attached hydrogen (secondary N) is 1. The van der Waals surface area contributed by atoms with E-state index in [1.54, 1.807) is 0 Å². The van der Waals surface area contributed by atoms with Gasteiger partial charge in [0.2, 0.25) is 0 Å². The molecule has 104 valence electrons. The highest BCUT2D eigenvalue weighted by molar-refractivity contribution is 9.10. The van der Waals surface area contributed by atoms with Crippen LogP contribution in [0.3, 0.4) is 0 Å². The highest BCUT2D eigenvalue weighted by atomic mass is 79.9. The number of benzene rings is 2. The summed E-state index contributed by atoms with van der Waals surface area (Å²) in [4.78, 5) is 2.56. The van der Waals surface area contributed by atoms with E-state index in [0.29, 0.717) is 6.04 Å². The van der Waals surface area contributed by atoms with Gasteiger partial charge in [-0.25, -0.2) is 0 Å². The van der Waals surface area contributed by atoms with Crippen LogP contribution in [0, 0.1) is 0 Å². The number of piperazine rings is 1. The molecule has 2 aromatic carbocycles. The molecule has 1 heterocycles. The Labute approximate surface area is 128 Å². The van der Waals surface area contributed by atoms with Crippen molar-refractivity contribution in [2.75, 3.05) is 26.2 Å². The van der Waals surface area contributed by atoms with Crippen LogP contribution in [0.2, 0.25) is 0 Å². The summed E-state index contributed by atoms with van der Waals surface area (Å²) in [6.07, 6.45) is 0. The summed E-state index contributed by atoms with van der Waals surface area (Å²) in [6, 6.07) is 19.8. The van der Waals surface area contributed by atoms with Gasteiger partial charge in [-0.15, -0.1) is 0 Å². The van der Waals surface area contributed by atoms with Gasteiger partial charge in [-0.2, -0.15) is 0 Å². The van der Waals surface area contributed by atoms with Crippen LogP contribution in [0.5, 0.6) is 0 Å². The molecule has 0 aromatic heterocycles. The van der Waals surface area contributed by atoms with Gasteiger partial charge in [0.25, 0.3) is 0 Å². The molecular formula is C17H19BrN2. The lowest BCUT2D eigenvalue weighted by Crippen LogP contribution is -2.45. The fraction of sp³-hybridized carbons (Fsp3) is 0.294. The van der Waals surface area contributed by atoms with E-state index in [1.165, 1.54) is 11.1 Å². The van der Waals surface area contributed by atoms with Crippen molar-refractivity contribution in [3.63, 3.8) is 0 Å². The molecule has 0 aliphatic carbocycles. The molecule has 0 spiro atoms. The van der Waals surface area contributed by atoms with Crippen molar-refractivity contribution < 1.29 is 0 Å². The Morgan fingerprint density at radius 2 is 1.60 bits per heavy atom. The van der Waals surface area contributed by atoms with Crippen molar-refractivity contribution in [2.24, 2.45) is 0 Å². The van der Waals surface area contributed by atoms with Crippen LogP contribution in [0.25, 0.3) is 0 Å². The third-order valence-corrected chi connectivity index (χ3v) is 4.29. The van der Waals surface area contributed by atoms with E-state index in [9.17, 15) is 0 Å². The fourth-order valence-electron chi connectivity index (χ4n) is 2.87. The van der Waals surface area contributed by atoms with Gasteiger partial charge in [-0.1, -0.05) is 58.4 Å². The summed E-state index contributed by atoms with van der Waals surface area (Å²) >= 11 is 3.60. The summed E-state index contributed by atoms with van der Waals surface area (Å²) in [5.41, 5.74) is 2.72. The molecule has 3 rings (SSSR count). The largest absolute Gasteiger partial charge is 0.314 e. The zero-order chi connectivity index (χ0) is 13.8. The Kier molecular flexibility index (Phi) is 4.51. The van der Waals surface area contributed by atoms with E-state index in [2.05, 4.69) is 80.7 Å². The second-order valence-electron chi connectivity index (χ2n) is 5.15. The molecule has 1 N–H and O–H groups in total. The minimum Gasteiger partial charge on any atom is -0.314 e. The van der Waals surface area contributed by atoms with Gasteiger partial charge in [0, 0.05) is 30.7 Å². The summed E-state index contributed by atoms with van der Waals surface area (Å²) in [6.45, 7) is 4.31. The van der Waals surface area contributed by atoms with Crippen LogP contribution >= 0.6 is 15.9 Å². The lowest BCUT2D eigenvalue weighted by atomic mass is 9.96. The Bertz CT molecular complexity index is 550. The maximum Gasteiger partial charge on any atom is 0.0603 e. The molecule has 0 bridgehead atoms. The van der Waals surface area contributed by atoms with Crippen molar-refractivity contribution in [2.45, 2.75) is 6.04 Å². The first-order valence-electron chi connectivity index (χ1n) is 7.10. The number of hydrogen-bond acceptors (Lipinski definition) is 2. The topological polar surface area (TPSA) is 15.3 Å². The van der Waals surface area contributed by atoms with Gasteiger partial charge in [-0.3, -0.25) is 4.90 Å². The second kappa shape index (κ2) is 6.53. The van der Waals surface area contributed by atoms with Crippen molar-refractivity contribution in [1.29, 1.82) is 0 Å². The molecule has 20 heavy (non-hydrogen) atoms. The van der Waals surface area contributed by atoms with Crippen LogP contribution in [0.15, 0.2) is 59.1 Å². The fourth-order valence-corrected chi connectivity index (χ4v) is 3.28. The molecule has 0 unspecified atom stereocenters. The van der Waals surface area contributed by atoms with E-state index in [4.69, 9.17) is 0 Å². The first-order chi connectivity index (χ1) is 9.84. The highest BCUT2D eigenvalue weighted by Gasteiger charge is 2.23. The smallest absolute Gasteiger partial charge is 0.0603 e. The lowest BCUT2D eigenvalue weighted by molar-refractivity contribution is 0.198. The molecule has 0 radical (unpaired) electrons. The molecule has 1 saturated heterocycles. The monoisotopic (exact) mass is 330 g/mol. The summed E-state index contributed by atoms with van der Waals surface area (Å²) in [5.74, 6) is 0. The predicted molar refractivity (Wildman–Crippen MR) is 86.9 cm³/mol. The zero-order valence-corrected chi connectivity index (χ0v) is 13.0. The van der Waals surface area contributed by atoms with Crippen molar-refractivity contribution in [3.05, 3.63) is 70.2 Å². The Morgan fingerprint density at radius 1 is 0.900 bits per heavy atom. The summed E-state index contributed by atoms with van der Waals surface area (Å²) in [5, 5.41) is 3.43. The van der Waals surface area contributed by atoms with Crippen LogP contribution in [0.4, 0.5) is 0 Å². The van der Waals surface area contributed by atoms with Gasteiger partial charge in [-0.05, 0) is 23.3 Å². The van der Waals surface area contributed by atoms with Gasteiger partial charge in [0.15, 0.2) is 0 Å². The SMILES string of the molecule is Brc1cccc([C@@H](c2ccccc2)N2CCNCC2)c1. The highest BCUT2D eigenvalue weighted by Crippen LogP contribution is 2.30. The van der Waals surface area contributed by atoms with Crippen LogP contribution < -0.4 is 5.32 Å². The van der Waals surface area contributed by atoms with Gasteiger partial charge in [0.1, 0.15) is 0 Å². The molecule has 2 aromatic rings. The minimum atomic E-state index is 0.343. The molecular weight excluding hydrogens is 312 g/mol. The third kappa shape index (κ3) is 3.11. The maximum atomic E-state index is 3.60. The number of hydrogen-bond donors (Lipinski definition) is 1. The normalized spacial score (nSPS) is 17.9. The van der Waals surface area contributed by atoms with E-state index in [-0.39, 0.29) is 0 Å². The van der Waals surface area contributed by atoms with Crippen LogP contribution in [-0.2, 0) is 0 Å². The average Bonchev–Trinajstić information content (AvgIpc) is 2.50. The van der Waals surface area contributed by atoms with E-state index >= 15 is 0 Å². The first-order valence-corrected chi connectivity index (χ1v) is 7.89. The van der Waals surface area contributed by atoms with Crippen molar-refractivity contribution in [1.82, 2.24) is 10.2 Å². The third-order valence-electron chi connectivity index (χ3n) is 3.80. The minimum absolute atomic E-state index is 0.343. The Balaban J connectivity index is 1.98. The zero-order valence-electron chi connectivity index (χ0n) is 11.4. The summed E-state index contributed by atoms with van der Waals surface area (Å²) in [7, 11) is 0. The van der Waals surface area contributed by atoms with Crippen LogP contribution in [0.1, 0.15) is 17.2 Å². The molecule has 1 aliphatic rings. The molecule has 1 atom stereocenters. The van der Waals surface area contributed by atoms with E-state index in [0.717, 1.165) is 30.7 Å². The van der Waals surface area contributed by atoms with Crippen LogP contribution in [-0.4, -0.2) is 31.1 Å². The van der Waals surface area contributed by atoms with Gasteiger partial charge in [0.05, 0.1) is 6.04 Å². The molecule has 0 amide bonds. The number of halogens is 1.